The van der Waals surface area contributed by atoms with Gasteiger partial charge in [-0.05, 0) is 26.3 Å². The maximum absolute atomic E-state index is 5.62. The Morgan fingerprint density at radius 3 is 1.93 bits per heavy atom. The van der Waals surface area contributed by atoms with Crippen molar-refractivity contribution in [2.75, 3.05) is 18.5 Å². The van der Waals surface area contributed by atoms with Crippen LogP contribution in [0.25, 0.3) is 0 Å². The number of unbranched alkanes of at least 4 members (excludes halogenated alkanes) is 4. The summed E-state index contributed by atoms with van der Waals surface area (Å²) >= 11 is 3.45. The van der Waals surface area contributed by atoms with Gasteiger partial charge in [0.05, 0.1) is 0 Å². The largest absolute Gasteiger partial charge is 0.397 e. The number of rotatable bonds is 11. The highest BCUT2D eigenvalue weighted by molar-refractivity contribution is 9.09. The van der Waals surface area contributed by atoms with Crippen molar-refractivity contribution in [2.24, 2.45) is 0 Å². The first-order valence-electron chi connectivity index (χ1n) is 6.14. The predicted octanol–water partition coefficient (Wildman–Crippen LogP) is 3.63. The lowest BCUT2D eigenvalue weighted by atomic mass is 10.2. The van der Waals surface area contributed by atoms with E-state index in [4.69, 9.17) is 8.85 Å². The minimum absolute atomic E-state index is 0.806. The quantitative estimate of drug-likeness (QED) is 0.329. The molecule has 0 aliphatic heterocycles. The summed E-state index contributed by atoms with van der Waals surface area (Å²) in [7, 11) is -1.30. The first-order valence-corrected chi connectivity index (χ1v) is 9.02. The Morgan fingerprint density at radius 2 is 1.40 bits per heavy atom. The fourth-order valence-electron chi connectivity index (χ4n) is 1.52. The highest BCUT2D eigenvalue weighted by Gasteiger charge is 2.10. The molecule has 4 heteroatoms. The zero-order valence-corrected chi connectivity index (χ0v) is 12.9. The fourth-order valence-corrected chi connectivity index (χ4v) is 3.71. The van der Waals surface area contributed by atoms with Gasteiger partial charge >= 0.3 is 9.28 Å². The minimum Gasteiger partial charge on any atom is -0.397 e. The number of alkyl halides is 1. The summed E-state index contributed by atoms with van der Waals surface area (Å²) in [5.41, 5.74) is 0. The summed E-state index contributed by atoms with van der Waals surface area (Å²) in [6.45, 7) is 5.71. The molecule has 0 aliphatic carbocycles. The molecule has 0 radical (unpaired) electrons. The van der Waals surface area contributed by atoms with Crippen LogP contribution in [0.15, 0.2) is 0 Å². The minimum atomic E-state index is -1.30. The zero-order valence-electron chi connectivity index (χ0n) is 10.1. The number of hydrogen-bond acceptors (Lipinski definition) is 2. The van der Waals surface area contributed by atoms with Crippen molar-refractivity contribution >= 4 is 25.2 Å². The molecular formula is C11H25BrO2Si. The van der Waals surface area contributed by atoms with E-state index in [9.17, 15) is 0 Å². The Morgan fingerprint density at radius 1 is 0.867 bits per heavy atom. The molecule has 0 unspecified atom stereocenters. The fraction of sp³-hybridized carbons (Fsp3) is 1.00. The van der Waals surface area contributed by atoms with E-state index in [1.807, 2.05) is 0 Å². The molecule has 0 bridgehead atoms. The SMILES string of the molecule is CCO[SiH](CCCCCCCBr)OCC. The Hall–Kier alpha value is 0.617. The van der Waals surface area contributed by atoms with Crippen molar-refractivity contribution in [3.05, 3.63) is 0 Å². The van der Waals surface area contributed by atoms with Crippen molar-refractivity contribution in [3.8, 4) is 0 Å². The predicted molar refractivity (Wildman–Crippen MR) is 72.1 cm³/mol. The Balaban J connectivity index is 3.28. The third-order valence-corrected chi connectivity index (χ3v) is 5.13. The second kappa shape index (κ2) is 12.7. The van der Waals surface area contributed by atoms with Crippen molar-refractivity contribution in [3.63, 3.8) is 0 Å². The summed E-state index contributed by atoms with van der Waals surface area (Å²) in [5.74, 6) is 0. The highest BCUT2D eigenvalue weighted by Crippen LogP contribution is 2.10. The molecule has 0 amide bonds. The van der Waals surface area contributed by atoms with Gasteiger partial charge < -0.3 is 8.85 Å². The maximum Gasteiger partial charge on any atom is 0.321 e. The van der Waals surface area contributed by atoms with Gasteiger partial charge in [0.25, 0.3) is 0 Å². The van der Waals surface area contributed by atoms with Gasteiger partial charge in [-0.25, -0.2) is 0 Å². The van der Waals surface area contributed by atoms with Crippen LogP contribution in [-0.2, 0) is 8.85 Å². The molecule has 0 rings (SSSR count). The molecule has 0 saturated carbocycles. The van der Waals surface area contributed by atoms with Gasteiger partial charge in [-0.3, -0.25) is 0 Å². The first-order chi connectivity index (χ1) is 7.35. The van der Waals surface area contributed by atoms with Gasteiger partial charge in [0.2, 0.25) is 0 Å². The maximum atomic E-state index is 5.62. The molecule has 0 heterocycles. The third kappa shape index (κ3) is 10.9. The van der Waals surface area contributed by atoms with Gasteiger partial charge in [0, 0.05) is 18.5 Å². The van der Waals surface area contributed by atoms with Crippen molar-refractivity contribution in [1.82, 2.24) is 0 Å². The molecule has 0 N–H and O–H groups in total. The van der Waals surface area contributed by atoms with E-state index >= 15 is 0 Å². The Labute approximate surface area is 105 Å². The number of halogens is 1. The molecule has 0 aromatic heterocycles. The molecule has 2 nitrogen and oxygen atoms in total. The third-order valence-electron chi connectivity index (χ3n) is 2.28. The normalized spacial score (nSPS) is 11.2. The van der Waals surface area contributed by atoms with E-state index in [0.717, 1.165) is 18.5 Å². The van der Waals surface area contributed by atoms with E-state index in [1.54, 1.807) is 0 Å². The lowest BCUT2D eigenvalue weighted by molar-refractivity contribution is 0.212. The monoisotopic (exact) mass is 296 g/mol. The molecule has 0 atom stereocenters. The average Bonchev–Trinajstić information content (AvgIpc) is 2.24. The van der Waals surface area contributed by atoms with E-state index in [0.29, 0.717) is 0 Å². The van der Waals surface area contributed by atoms with Crippen LogP contribution in [0.1, 0.15) is 46.0 Å². The smallest absolute Gasteiger partial charge is 0.321 e. The second-order valence-corrected chi connectivity index (χ2v) is 6.48. The van der Waals surface area contributed by atoms with E-state index < -0.39 is 9.28 Å². The van der Waals surface area contributed by atoms with Crippen LogP contribution in [-0.4, -0.2) is 27.8 Å². The molecular weight excluding hydrogens is 272 g/mol. The Bertz CT molecular complexity index is 119. The molecule has 0 fully saturated rings. The molecule has 0 saturated heterocycles. The summed E-state index contributed by atoms with van der Waals surface area (Å²) in [4.78, 5) is 0. The first kappa shape index (κ1) is 15.6. The summed E-state index contributed by atoms with van der Waals surface area (Å²) < 4.78 is 11.2. The lowest BCUT2D eigenvalue weighted by Crippen LogP contribution is -2.22. The van der Waals surface area contributed by atoms with E-state index in [-0.39, 0.29) is 0 Å². The summed E-state index contributed by atoms with van der Waals surface area (Å²) in [6, 6.07) is 1.18. The highest BCUT2D eigenvalue weighted by atomic mass is 79.9. The molecule has 0 spiro atoms. The van der Waals surface area contributed by atoms with Gasteiger partial charge in [0.1, 0.15) is 0 Å². The van der Waals surface area contributed by atoms with Crippen LogP contribution in [0.4, 0.5) is 0 Å². The molecule has 0 aromatic rings. The number of hydrogen-bond donors (Lipinski definition) is 0. The standard InChI is InChI=1S/C11H25BrO2Si/c1-3-13-15(14-4-2)11-9-7-5-6-8-10-12/h15H,3-11H2,1-2H3. The van der Waals surface area contributed by atoms with Crippen LogP contribution < -0.4 is 0 Å². The van der Waals surface area contributed by atoms with Crippen LogP contribution in [0, 0.1) is 0 Å². The van der Waals surface area contributed by atoms with Gasteiger partial charge in [-0.1, -0.05) is 41.6 Å². The van der Waals surface area contributed by atoms with E-state index in [1.165, 1.54) is 38.1 Å². The molecule has 0 aromatic carbocycles. The summed E-state index contributed by atoms with van der Waals surface area (Å²) in [5, 5.41) is 1.14. The van der Waals surface area contributed by atoms with Gasteiger partial charge in [-0.15, -0.1) is 0 Å². The van der Waals surface area contributed by atoms with E-state index in [2.05, 4.69) is 29.8 Å². The molecule has 15 heavy (non-hydrogen) atoms. The Kier molecular flexibility index (Phi) is 13.2. The average molecular weight is 297 g/mol. The van der Waals surface area contributed by atoms with Crippen molar-refractivity contribution in [1.29, 1.82) is 0 Å². The van der Waals surface area contributed by atoms with Crippen molar-refractivity contribution < 1.29 is 8.85 Å². The zero-order chi connectivity index (χ0) is 11.4. The second-order valence-electron chi connectivity index (χ2n) is 3.59. The summed E-state index contributed by atoms with van der Waals surface area (Å²) in [6.07, 6.45) is 6.61. The van der Waals surface area contributed by atoms with Crippen LogP contribution in [0.5, 0.6) is 0 Å². The van der Waals surface area contributed by atoms with Crippen molar-refractivity contribution in [2.45, 2.75) is 52.0 Å². The van der Waals surface area contributed by atoms with Crippen LogP contribution in [0.2, 0.25) is 6.04 Å². The lowest BCUT2D eigenvalue weighted by Gasteiger charge is -2.14. The molecule has 92 valence electrons. The van der Waals surface area contributed by atoms with Gasteiger partial charge in [0.15, 0.2) is 0 Å². The van der Waals surface area contributed by atoms with Gasteiger partial charge in [-0.2, -0.15) is 0 Å². The van der Waals surface area contributed by atoms with Crippen LogP contribution in [0.3, 0.4) is 0 Å². The topological polar surface area (TPSA) is 18.5 Å². The van der Waals surface area contributed by atoms with Crippen LogP contribution >= 0.6 is 15.9 Å². The molecule has 0 aliphatic rings.